The zero-order valence-corrected chi connectivity index (χ0v) is 10.2. The molecule has 2 rings (SSSR count). The molecule has 6 heteroatoms. The normalized spacial score (nSPS) is 10.8. The minimum absolute atomic E-state index is 0.230. The van der Waals surface area contributed by atoms with Gasteiger partial charge in [-0.25, -0.2) is 8.42 Å². The Labute approximate surface area is 103 Å². The first-order valence-corrected chi connectivity index (χ1v) is 6.96. The second kappa shape index (κ2) is 4.57. The molecule has 1 aromatic carbocycles. The minimum atomic E-state index is -3.57. The number of rotatable bonds is 3. The Morgan fingerprint density at radius 1 is 1.41 bits per heavy atom. The van der Waals surface area contributed by atoms with Crippen molar-refractivity contribution < 1.29 is 8.42 Å². The van der Waals surface area contributed by atoms with Crippen LogP contribution in [-0.2, 0) is 10.0 Å². The van der Waals surface area contributed by atoms with E-state index in [4.69, 9.17) is 5.26 Å². The third kappa shape index (κ3) is 2.64. The zero-order valence-electron chi connectivity index (χ0n) is 8.54. The molecule has 85 valence electrons. The molecule has 0 unspecified atom stereocenters. The molecule has 0 fully saturated rings. The molecular weight excluding hydrogens is 256 g/mol. The summed E-state index contributed by atoms with van der Waals surface area (Å²) in [6.45, 7) is 0. The number of nitriles is 1. The molecule has 1 N–H and O–H groups in total. The fourth-order valence-corrected chi connectivity index (χ4v) is 3.22. The monoisotopic (exact) mass is 263 g/mol. The maximum Gasteiger partial charge on any atom is 0.271 e. The zero-order chi connectivity index (χ0) is 12.3. The number of anilines is 1. The average molecular weight is 263 g/mol. The predicted octanol–water partition coefficient (Wildman–Crippen LogP) is 2.22. The van der Waals surface area contributed by atoms with E-state index >= 15 is 0 Å². The summed E-state index contributed by atoms with van der Waals surface area (Å²) in [5.74, 6) is 0. The highest BCUT2D eigenvalue weighted by molar-refractivity contribution is 7.94. The molecule has 0 atom stereocenters. The molecule has 1 heterocycles. The summed E-state index contributed by atoms with van der Waals surface area (Å²) >= 11 is 1.13. The molecular formula is C11H7N2O2S2. The van der Waals surface area contributed by atoms with Gasteiger partial charge in [0.15, 0.2) is 0 Å². The molecule has 0 spiro atoms. The van der Waals surface area contributed by atoms with Crippen LogP contribution in [0.4, 0.5) is 5.69 Å². The van der Waals surface area contributed by atoms with Crippen molar-refractivity contribution in [3.63, 3.8) is 0 Å². The van der Waals surface area contributed by atoms with Gasteiger partial charge in [0.05, 0.1) is 17.3 Å². The number of hydrogen-bond donors (Lipinski definition) is 1. The Hall–Kier alpha value is -1.84. The highest BCUT2D eigenvalue weighted by Gasteiger charge is 2.15. The van der Waals surface area contributed by atoms with E-state index in [1.54, 1.807) is 17.5 Å². The number of nitrogens with one attached hydrogen (secondary N) is 1. The van der Waals surface area contributed by atoms with Crippen molar-refractivity contribution >= 4 is 27.0 Å². The number of nitrogens with zero attached hydrogens (tertiary/aromatic N) is 1. The van der Waals surface area contributed by atoms with Crippen LogP contribution in [0.15, 0.2) is 39.9 Å². The van der Waals surface area contributed by atoms with Crippen LogP contribution in [0.25, 0.3) is 0 Å². The maximum absolute atomic E-state index is 11.9. The van der Waals surface area contributed by atoms with Crippen LogP contribution in [-0.4, -0.2) is 8.42 Å². The second-order valence-electron chi connectivity index (χ2n) is 3.14. The highest BCUT2D eigenvalue weighted by atomic mass is 32.2. The van der Waals surface area contributed by atoms with Crippen molar-refractivity contribution in [2.45, 2.75) is 4.21 Å². The third-order valence-corrected chi connectivity index (χ3v) is 4.70. The summed E-state index contributed by atoms with van der Waals surface area (Å²) in [6.07, 6.45) is 0. The highest BCUT2D eigenvalue weighted by Crippen LogP contribution is 2.20. The Kier molecular flexibility index (Phi) is 3.13. The van der Waals surface area contributed by atoms with Gasteiger partial charge >= 0.3 is 0 Å². The predicted molar refractivity (Wildman–Crippen MR) is 65.1 cm³/mol. The smallest absolute Gasteiger partial charge is 0.271 e. The van der Waals surface area contributed by atoms with Crippen LogP contribution >= 0.6 is 11.3 Å². The van der Waals surface area contributed by atoms with E-state index in [1.165, 1.54) is 18.2 Å². The fourth-order valence-electron chi connectivity index (χ4n) is 1.21. The number of sulfonamides is 1. The van der Waals surface area contributed by atoms with Gasteiger partial charge in [0.1, 0.15) is 4.21 Å². The van der Waals surface area contributed by atoms with Crippen LogP contribution in [0.5, 0.6) is 0 Å². The summed E-state index contributed by atoms with van der Waals surface area (Å²) < 4.78 is 26.3. The van der Waals surface area contributed by atoms with Crippen LogP contribution in [0.3, 0.4) is 0 Å². The third-order valence-electron chi connectivity index (χ3n) is 1.93. The lowest BCUT2D eigenvalue weighted by Crippen LogP contribution is -2.11. The van der Waals surface area contributed by atoms with Crippen LogP contribution < -0.4 is 4.72 Å². The molecule has 0 aliphatic rings. The maximum atomic E-state index is 11.9. The topological polar surface area (TPSA) is 70.0 Å². The Morgan fingerprint density at radius 2 is 2.24 bits per heavy atom. The van der Waals surface area contributed by atoms with Gasteiger partial charge in [-0.1, -0.05) is 12.1 Å². The number of hydrogen-bond acceptors (Lipinski definition) is 4. The van der Waals surface area contributed by atoms with E-state index in [0.717, 1.165) is 11.3 Å². The Morgan fingerprint density at radius 3 is 2.88 bits per heavy atom. The molecule has 0 aliphatic carbocycles. The van der Waals surface area contributed by atoms with Gasteiger partial charge in [0.25, 0.3) is 10.0 Å². The first-order valence-electron chi connectivity index (χ1n) is 4.60. The summed E-state index contributed by atoms with van der Waals surface area (Å²) in [5.41, 5.74) is 0.644. The lowest BCUT2D eigenvalue weighted by molar-refractivity contribution is 0.603. The SMILES string of the molecule is N#Cc1cc[c]c(NS(=O)(=O)c2cccs2)c1. The van der Waals surface area contributed by atoms with Gasteiger partial charge in [-0.15, -0.1) is 11.3 Å². The largest absolute Gasteiger partial charge is 0.278 e. The van der Waals surface area contributed by atoms with Gasteiger partial charge in [0.2, 0.25) is 0 Å². The lowest BCUT2D eigenvalue weighted by atomic mass is 10.2. The number of thiophene rings is 1. The first kappa shape index (κ1) is 11.6. The van der Waals surface area contributed by atoms with Gasteiger partial charge in [0, 0.05) is 6.07 Å². The van der Waals surface area contributed by atoms with Gasteiger partial charge in [-0.2, -0.15) is 5.26 Å². The fraction of sp³-hybridized carbons (Fsp3) is 0. The van der Waals surface area contributed by atoms with Crippen molar-refractivity contribution in [2.24, 2.45) is 0 Å². The molecule has 0 aliphatic heterocycles. The Balaban J connectivity index is 2.30. The van der Waals surface area contributed by atoms with Gasteiger partial charge in [-0.3, -0.25) is 4.72 Å². The molecule has 0 saturated heterocycles. The summed E-state index contributed by atoms with van der Waals surface area (Å²) in [7, 11) is -3.57. The van der Waals surface area contributed by atoms with Crippen molar-refractivity contribution in [3.05, 3.63) is 47.3 Å². The van der Waals surface area contributed by atoms with Gasteiger partial charge < -0.3 is 0 Å². The average Bonchev–Trinajstić information content (AvgIpc) is 2.83. The standard InChI is InChI=1S/C11H7N2O2S2/c12-8-9-3-1-4-10(7-9)13-17(14,15)11-5-2-6-16-11/h1-3,5-7,13H. The molecule has 0 bridgehead atoms. The molecule has 0 amide bonds. The molecule has 1 aromatic heterocycles. The van der Waals surface area contributed by atoms with E-state index in [1.807, 2.05) is 6.07 Å². The molecule has 2 aromatic rings. The van der Waals surface area contributed by atoms with Crippen LogP contribution in [0, 0.1) is 17.4 Å². The van der Waals surface area contributed by atoms with Gasteiger partial charge in [-0.05, 0) is 23.6 Å². The minimum Gasteiger partial charge on any atom is -0.278 e. The van der Waals surface area contributed by atoms with Crippen molar-refractivity contribution in [2.75, 3.05) is 4.72 Å². The Bertz CT molecular complexity index is 655. The van der Waals surface area contributed by atoms with E-state index in [-0.39, 0.29) is 9.90 Å². The quantitative estimate of drug-likeness (QED) is 0.923. The van der Waals surface area contributed by atoms with Crippen molar-refractivity contribution in [1.29, 1.82) is 5.26 Å². The second-order valence-corrected chi connectivity index (χ2v) is 6.00. The van der Waals surface area contributed by atoms with Crippen molar-refractivity contribution in [3.8, 4) is 6.07 Å². The van der Waals surface area contributed by atoms with E-state index in [9.17, 15) is 8.42 Å². The summed E-state index contributed by atoms with van der Waals surface area (Å²) in [4.78, 5) is 0. The first-order chi connectivity index (χ1) is 8.12. The summed E-state index contributed by atoms with van der Waals surface area (Å²) in [5, 5.41) is 10.4. The van der Waals surface area contributed by atoms with E-state index in [0.29, 0.717) is 5.56 Å². The molecule has 0 saturated carbocycles. The van der Waals surface area contributed by atoms with Crippen LogP contribution in [0.2, 0.25) is 0 Å². The summed E-state index contributed by atoms with van der Waals surface area (Å²) in [6, 6.07) is 12.3. The molecule has 17 heavy (non-hydrogen) atoms. The van der Waals surface area contributed by atoms with E-state index in [2.05, 4.69) is 10.8 Å². The molecule has 1 radical (unpaired) electrons. The van der Waals surface area contributed by atoms with Crippen molar-refractivity contribution in [1.82, 2.24) is 0 Å². The molecule has 4 nitrogen and oxygen atoms in total. The van der Waals surface area contributed by atoms with Crippen LogP contribution in [0.1, 0.15) is 5.56 Å². The lowest BCUT2D eigenvalue weighted by Gasteiger charge is -2.05. The van der Waals surface area contributed by atoms with E-state index < -0.39 is 10.0 Å². The number of benzene rings is 1.